The van der Waals surface area contributed by atoms with Crippen LogP contribution in [0.15, 0.2) is 16.6 Å². The van der Waals surface area contributed by atoms with E-state index in [1.807, 2.05) is 6.07 Å². The summed E-state index contributed by atoms with van der Waals surface area (Å²) in [5.74, 6) is 0.829. The Labute approximate surface area is 163 Å². The van der Waals surface area contributed by atoms with Crippen molar-refractivity contribution in [1.82, 2.24) is 9.97 Å². The van der Waals surface area contributed by atoms with Crippen LogP contribution in [0.4, 0.5) is 0 Å². The van der Waals surface area contributed by atoms with Crippen molar-refractivity contribution in [3.05, 3.63) is 22.2 Å². The fourth-order valence-corrected chi connectivity index (χ4v) is 3.21. The molecule has 1 heterocycles. The van der Waals surface area contributed by atoms with E-state index in [2.05, 4.69) is 47.9 Å². The van der Waals surface area contributed by atoms with E-state index in [9.17, 15) is 4.57 Å². The second-order valence-electron chi connectivity index (χ2n) is 5.04. The zero-order chi connectivity index (χ0) is 19.5. The predicted molar refractivity (Wildman–Crippen MR) is 107 cm³/mol. The highest BCUT2D eigenvalue weighted by Gasteiger charge is 2.13. The second-order valence-corrected chi connectivity index (χ2v) is 7.03. The summed E-state index contributed by atoms with van der Waals surface area (Å²) in [5.41, 5.74) is 2.85. The van der Waals surface area contributed by atoms with Crippen LogP contribution >= 0.6 is 24.2 Å². The monoisotopic (exact) mass is 448 g/mol. The summed E-state index contributed by atoms with van der Waals surface area (Å²) in [7, 11) is 0.984. The Morgan fingerprint density at radius 3 is 2.08 bits per heavy atom. The lowest BCUT2D eigenvalue weighted by Gasteiger charge is -2.10. The molecule has 146 valence electrons. The van der Waals surface area contributed by atoms with Gasteiger partial charge in [-0.05, 0) is 38.0 Å². The van der Waals surface area contributed by atoms with Gasteiger partial charge in [0.25, 0.3) is 11.8 Å². The van der Waals surface area contributed by atoms with Gasteiger partial charge in [0, 0.05) is 4.47 Å². The third-order valence-electron chi connectivity index (χ3n) is 3.18. The highest BCUT2D eigenvalue weighted by Crippen LogP contribution is 2.29. The number of methoxy groups -OCH3 is 2. The number of fused-ring (bicyclic) bond motifs is 1. The summed E-state index contributed by atoms with van der Waals surface area (Å²) in [6.45, 7) is 6.61. The lowest BCUT2D eigenvalue weighted by atomic mass is 10.1. The van der Waals surface area contributed by atoms with E-state index in [-0.39, 0.29) is 0 Å². The number of aryl methyl sites for hydroxylation is 1. The molecule has 0 unspecified atom stereocenters. The SMILES string of the molecule is CCCc1cc(Br)cc2nc(OC)c(OC)nc12.CCO[PH](=O)OCC. The number of rotatable bonds is 8. The molecule has 2 rings (SSSR count). The van der Waals surface area contributed by atoms with Gasteiger partial charge in [-0.2, -0.15) is 0 Å². The molecule has 1 aromatic heterocycles. The van der Waals surface area contributed by atoms with Crippen molar-refractivity contribution >= 4 is 35.2 Å². The largest absolute Gasteiger partial charge is 0.477 e. The molecule has 0 aliphatic carbocycles. The average Bonchev–Trinajstić information content (AvgIpc) is 2.61. The van der Waals surface area contributed by atoms with Crippen molar-refractivity contribution in [3.8, 4) is 11.8 Å². The number of benzene rings is 1. The molecule has 0 aliphatic heterocycles. The molecule has 0 fully saturated rings. The van der Waals surface area contributed by atoms with Gasteiger partial charge in [0.15, 0.2) is 0 Å². The van der Waals surface area contributed by atoms with E-state index in [1.165, 1.54) is 0 Å². The molecule has 0 saturated heterocycles. The summed E-state index contributed by atoms with van der Waals surface area (Å²) >= 11 is 3.50. The minimum absolute atomic E-state index is 0.408. The van der Waals surface area contributed by atoms with Crippen LogP contribution in [0, 0.1) is 0 Å². The van der Waals surface area contributed by atoms with E-state index < -0.39 is 8.25 Å². The van der Waals surface area contributed by atoms with Gasteiger partial charge in [-0.3, -0.25) is 4.57 Å². The highest BCUT2D eigenvalue weighted by atomic mass is 79.9. The smallest absolute Gasteiger partial charge is 0.319 e. The Bertz CT molecular complexity index is 722. The van der Waals surface area contributed by atoms with Gasteiger partial charge in [0.1, 0.15) is 0 Å². The van der Waals surface area contributed by atoms with Crippen LogP contribution < -0.4 is 9.47 Å². The minimum atomic E-state index is -2.14. The quantitative estimate of drug-likeness (QED) is 0.535. The number of ether oxygens (including phenoxy) is 2. The van der Waals surface area contributed by atoms with Crippen LogP contribution in [-0.2, 0) is 20.0 Å². The Kier molecular flexibility index (Phi) is 10.7. The molecule has 2 aromatic rings. The molecule has 0 N–H and O–H groups in total. The maximum atomic E-state index is 10.4. The molecule has 0 amide bonds. The number of halogens is 1. The Hall–Kier alpha value is -1.21. The molecule has 0 spiro atoms. The van der Waals surface area contributed by atoms with Gasteiger partial charge in [-0.25, -0.2) is 9.97 Å². The van der Waals surface area contributed by atoms with Gasteiger partial charge in [-0.1, -0.05) is 29.3 Å². The number of aromatic nitrogens is 2. The van der Waals surface area contributed by atoms with E-state index in [4.69, 9.17) is 9.47 Å². The number of nitrogens with zero attached hydrogens (tertiary/aromatic N) is 2. The van der Waals surface area contributed by atoms with Crippen molar-refractivity contribution < 1.29 is 23.1 Å². The molecule has 0 radical (unpaired) electrons. The number of hydrogen-bond acceptors (Lipinski definition) is 7. The van der Waals surface area contributed by atoms with Gasteiger partial charge in [0.05, 0.1) is 38.5 Å². The van der Waals surface area contributed by atoms with Crippen molar-refractivity contribution in [3.63, 3.8) is 0 Å². The second kappa shape index (κ2) is 12.2. The molecular weight excluding hydrogens is 423 g/mol. The molecule has 0 saturated carbocycles. The molecule has 1 aromatic carbocycles. The summed E-state index contributed by atoms with van der Waals surface area (Å²) in [6, 6.07) is 4.01. The first-order valence-electron chi connectivity index (χ1n) is 8.38. The maximum Gasteiger partial charge on any atom is 0.319 e. The summed E-state index contributed by atoms with van der Waals surface area (Å²) in [4.78, 5) is 8.92. The molecule has 0 bridgehead atoms. The van der Waals surface area contributed by atoms with Crippen LogP contribution in [0.2, 0.25) is 0 Å². The van der Waals surface area contributed by atoms with Gasteiger partial charge < -0.3 is 18.5 Å². The Balaban J connectivity index is 0.000000359. The van der Waals surface area contributed by atoms with Gasteiger partial charge in [0.2, 0.25) is 0 Å². The lowest BCUT2D eigenvalue weighted by Crippen LogP contribution is -1.99. The molecule has 9 heteroatoms. The summed E-state index contributed by atoms with van der Waals surface area (Å²) in [5, 5.41) is 0. The molecule has 0 aliphatic rings. The van der Waals surface area contributed by atoms with Crippen molar-refractivity contribution in [1.29, 1.82) is 0 Å². The van der Waals surface area contributed by atoms with Crippen LogP contribution in [0.3, 0.4) is 0 Å². The van der Waals surface area contributed by atoms with Crippen molar-refractivity contribution in [2.24, 2.45) is 0 Å². The molecule has 26 heavy (non-hydrogen) atoms. The van der Waals surface area contributed by atoms with Crippen LogP contribution in [0.25, 0.3) is 11.0 Å². The summed E-state index contributed by atoms with van der Waals surface area (Å²) < 4.78 is 31.0. The van der Waals surface area contributed by atoms with E-state index in [1.54, 1.807) is 28.1 Å². The Morgan fingerprint density at radius 2 is 1.58 bits per heavy atom. The molecular formula is C17H26BrN2O5P. The third-order valence-corrected chi connectivity index (χ3v) is 4.69. The van der Waals surface area contributed by atoms with Crippen molar-refractivity contribution in [2.75, 3.05) is 27.4 Å². The fourth-order valence-electron chi connectivity index (χ4n) is 2.16. The van der Waals surface area contributed by atoms with Gasteiger partial charge in [-0.15, -0.1) is 0 Å². The van der Waals surface area contributed by atoms with E-state index in [0.29, 0.717) is 25.0 Å². The van der Waals surface area contributed by atoms with Crippen LogP contribution in [-0.4, -0.2) is 37.4 Å². The lowest BCUT2D eigenvalue weighted by molar-refractivity contribution is 0.243. The first-order chi connectivity index (χ1) is 12.5. The minimum Gasteiger partial charge on any atom is -0.477 e. The topological polar surface area (TPSA) is 79.8 Å². The standard InChI is InChI=1S/C13H15BrN2O2.C4H11O3P/c1-4-5-8-6-9(14)7-10-11(8)16-13(18-3)12(15-10)17-2;1-3-6-8(5)7-4-2/h6-7H,4-5H2,1-3H3;8H,3-4H2,1-2H3. The molecule has 0 atom stereocenters. The summed E-state index contributed by atoms with van der Waals surface area (Å²) in [6.07, 6.45) is 2.02. The van der Waals surface area contributed by atoms with E-state index in [0.717, 1.165) is 33.9 Å². The zero-order valence-corrected chi connectivity index (χ0v) is 18.4. The Morgan fingerprint density at radius 1 is 1.00 bits per heavy atom. The first kappa shape index (κ1) is 22.8. The maximum absolute atomic E-state index is 10.4. The van der Waals surface area contributed by atoms with Gasteiger partial charge >= 0.3 is 8.25 Å². The highest BCUT2D eigenvalue weighted by molar-refractivity contribution is 9.10. The molecule has 7 nitrogen and oxygen atoms in total. The zero-order valence-electron chi connectivity index (χ0n) is 15.8. The normalized spacial score (nSPS) is 10.6. The predicted octanol–water partition coefficient (Wildman–Crippen LogP) is 4.81. The van der Waals surface area contributed by atoms with Crippen LogP contribution in [0.5, 0.6) is 11.8 Å². The van der Waals surface area contributed by atoms with Crippen molar-refractivity contribution in [2.45, 2.75) is 33.6 Å². The average molecular weight is 449 g/mol. The van der Waals surface area contributed by atoms with Crippen LogP contribution in [0.1, 0.15) is 32.8 Å². The third kappa shape index (κ3) is 6.83. The van der Waals surface area contributed by atoms with E-state index >= 15 is 0 Å². The first-order valence-corrected chi connectivity index (χ1v) is 10.4. The fraction of sp³-hybridized carbons (Fsp3) is 0.529. The number of hydrogen-bond donors (Lipinski definition) is 0.